The number of nitrogens with one attached hydrogen (secondary N) is 1. The number of nitrogen functional groups attached to an aromatic ring is 1. The largest absolute Gasteiger partial charge is 0.397 e. The van der Waals surface area contributed by atoms with Gasteiger partial charge in [0, 0.05) is 5.69 Å². The number of benzene rings is 2. The summed E-state index contributed by atoms with van der Waals surface area (Å²) in [4.78, 5) is 0. The van der Waals surface area contributed by atoms with E-state index >= 15 is 0 Å². The SMILES string of the molecule is Cc1cc(N)c(Nc2cc3c(cc2C)C(C)(C)CCC3(C)C)cc1F. The Balaban J connectivity index is 2.09. The zero-order chi connectivity index (χ0) is 18.6. The van der Waals surface area contributed by atoms with E-state index in [9.17, 15) is 4.39 Å². The zero-order valence-electron chi connectivity index (χ0n) is 16.2. The molecule has 0 spiro atoms. The van der Waals surface area contributed by atoms with Gasteiger partial charge in [-0.2, -0.15) is 0 Å². The maximum absolute atomic E-state index is 14.0. The molecule has 0 bridgehead atoms. The van der Waals surface area contributed by atoms with Gasteiger partial charge in [0.2, 0.25) is 0 Å². The van der Waals surface area contributed by atoms with E-state index in [1.165, 1.54) is 23.6 Å². The first-order valence-electron chi connectivity index (χ1n) is 8.99. The van der Waals surface area contributed by atoms with Crippen LogP contribution in [0.3, 0.4) is 0 Å². The maximum atomic E-state index is 14.0. The van der Waals surface area contributed by atoms with Crippen LogP contribution in [0.15, 0.2) is 24.3 Å². The minimum atomic E-state index is -0.242. The van der Waals surface area contributed by atoms with Crippen LogP contribution < -0.4 is 11.1 Å². The molecule has 1 aliphatic rings. The molecule has 0 aliphatic heterocycles. The van der Waals surface area contributed by atoms with Gasteiger partial charge in [-0.3, -0.25) is 0 Å². The van der Waals surface area contributed by atoms with Crippen LogP contribution in [0.4, 0.5) is 21.5 Å². The minimum Gasteiger partial charge on any atom is -0.397 e. The van der Waals surface area contributed by atoms with Gasteiger partial charge >= 0.3 is 0 Å². The van der Waals surface area contributed by atoms with Gasteiger partial charge in [0.15, 0.2) is 0 Å². The lowest BCUT2D eigenvalue weighted by molar-refractivity contribution is 0.332. The first-order chi connectivity index (χ1) is 11.5. The average molecular weight is 340 g/mol. The second-order valence-corrected chi connectivity index (χ2v) is 8.79. The van der Waals surface area contributed by atoms with Crippen LogP contribution >= 0.6 is 0 Å². The molecule has 0 aromatic heterocycles. The number of halogens is 1. The molecule has 2 nitrogen and oxygen atoms in total. The molecule has 0 fully saturated rings. The average Bonchev–Trinajstić information content (AvgIpc) is 2.51. The van der Waals surface area contributed by atoms with Crippen molar-refractivity contribution in [2.45, 2.75) is 65.2 Å². The number of rotatable bonds is 2. The van der Waals surface area contributed by atoms with E-state index in [0.29, 0.717) is 16.9 Å². The number of anilines is 3. The van der Waals surface area contributed by atoms with Gasteiger partial charge in [-0.25, -0.2) is 4.39 Å². The molecular formula is C22H29FN2. The summed E-state index contributed by atoms with van der Waals surface area (Å²) < 4.78 is 14.0. The third-order valence-electron chi connectivity index (χ3n) is 5.80. The number of aryl methyl sites for hydroxylation is 2. The van der Waals surface area contributed by atoms with Crippen LogP contribution in [0.2, 0.25) is 0 Å². The van der Waals surface area contributed by atoms with E-state index in [4.69, 9.17) is 5.73 Å². The summed E-state index contributed by atoms with van der Waals surface area (Å²) >= 11 is 0. The zero-order valence-corrected chi connectivity index (χ0v) is 16.2. The fourth-order valence-electron chi connectivity index (χ4n) is 3.81. The van der Waals surface area contributed by atoms with Crippen LogP contribution in [0, 0.1) is 19.7 Å². The molecule has 2 aromatic rings. The van der Waals surface area contributed by atoms with Crippen molar-refractivity contribution in [2.75, 3.05) is 11.1 Å². The highest BCUT2D eigenvalue weighted by Gasteiger charge is 2.37. The van der Waals surface area contributed by atoms with E-state index in [1.807, 2.05) is 0 Å². The fraction of sp³-hybridized carbons (Fsp3) is 0.455. The van der Waals surface area contributed by atoms with Gasteiger partial charge in [0.25, 0.3) is 0 Å². The Morgan fingerprint density at radius 1 is 0.840 bits per heavy atom. The molecule has 25 heavy (non-hydrogen) atoms. The first-order valence-corrected chi connectivity index (χ1v) is 8.99. The maximum Gasteiger partial charge on any atom is 0.128 e. The van der Waals surface area contributed by atoms with E-state index in [-0.39, 0.29) is 16.6 Å². The molecule has 1 aliphatic carbocycles. The highest BCUT2D eigenvalue weighted by molar-refractivity contribution is 5.75. The second kappa shape index (κ2) is 5.76. The van der Waals surface area contributed by atoms with Crippen LogP contribution in [0.1, 0.15) is 62.8 Å². The Morgan fingerprint density at radius 3 is 2.00 bits per heavy atom. The Labute approximate surface area is 150 Å². The highest BCUT2D eigenvalue weighted by Crippen LogP contribution is 2.47. The normalized spacial score (nSPS) is 17.9. The van der Waals surface area contributed by atoms with Gasteiger partial charge < -0.3 is 11.1 Å². The predicted molar refractivity (Wildman–Crippen MR) is 105 cm³/mol. The quantitative estimate of drug-likeness (QED) is 0.647. The Morgan fingerprint density at radius 2 is 1.40 bits per heavy atom. The van der Waals surface area contributed by atoms with E-state index in [1.54, 1.807) is 13.0 Å². The van der Waals surface area contributed by atoms with Crippen molar-refractivity contribution >= 4 is 17.1 Å². The van der Waals surface area contributed by atoms with Gasteiger partial charge in [0.05, 0.1) is 11.4 Å². The van der Waals surface area contributed by atoms with Crippen molar-refractivity contribution in [3.8, 4) is 0 Å². The molecule has 3 rings (SSSR count). The van der Waals surface area contributed by atoms with Gasteiger partial charge in [-0.05, 0) is 78.0 Å². The molecule has 0 radical (unpaired) electrons. The summed E-state index contributed by atoms with van der Waals surface area (Å²) in [6, 6.07) is 7.69. The van der Waals surface area contributed by atoms with Crippen LogP contribution in [0.25, 0.3) is 0 Å². The molecule has 0 saturated carbocycles. The second-order valence-electron chi connectivity index (χ2n) is 8.79. The molecule has 3 heteroatoms. The molecule has 134 valence electrons. The lowest BCUT2D eigenvalue weighted by atomic mass is 9.63. The van der Waals surface area contributed by atoms with Gasteiger partial charge in [-0.1, -0.05) is 33.8 Å². The Kier molecular flexibility index (Phi) is 4.09. The summed E-state index contributed by atoms with van der Waals surface area (Å²) in [7, 11) is 0. The van der Waals surface area contributed by atoms with Crippen molar-refractivity contribution in [3.63, 3.8) is 0 Å². The van der Waals surface area contributed by atoms with E-state index in [0.717, 1.165) is 17.7 Å². The van der Waals surface area contributed by atoms with Crippen molar-refractivity contribution in [1.29, 1.82) is 0 Å². The Bertz CT molecular complexity index is 834. The lowest BCUT2D eigenvalue weighted by Crippen LogP contribution is -2.34. The number of fused-ring (bicyclic) bond motifs is 1. The van der Waals surface area contributed by atoms with Crippen molar-refractivity contribution in [1.82, 2.24) is 0 Å². The van der Waals surface area contributed by atoms with E-state index in [2.05, 4.69) is 52.1 Å². The summed E-state index contributed by atoms with van der Waals surface area (Å²) in [6.45, 7) is 13.1. The third-order valence-corrected chi connectivity index (χ3v) is 5.80. The summed E-state index contributed by atoms with van der Waals surface area (Å²) in [5.74, 6) is -0.242. The van der Waals surface area contributed by atoms with E-state index < -0.39 is 0 Å². The molecule has 0 unspecified atom stereocenters. The van der Waals surface area contributed by atoms with Crippen LogP contribution in [-0.4, -0.2) is 0 Å². The summed E-state index contributed by atoms with van der Waals surface area (Å²) in [5.41, 5.74) is 13.1. The number of hydrogen-bond acceptors (Lipinski definition) is 2. The molecule has 0 amide bonds. The van der Waals surface area contributed by atoms with Crippen LogP contribution in [0.5, 0.6) is 0 Å². The van der Waals surface area contributed by atoms with Crippen molar-refractivity contribution < 1.29 is 4.39 Å². The van der Waals surface area contributed by atoms with Crippen molar-refractivity contribution in [3.05, 3.63) is 52.3 Å². The summed E-state index contributed by atoms with van der Waals surface area (Å²) in [6.07, 6.45) is 2.35. The van der Waals surface area contributed by atoms with Crippen LogP contribution in [-0.2, 0) is 10.8 Å². The highest BCUT2D eigenvalue weighted by atomic mass is 19.1. The number of hydrogen-bond donors (Lipinski definition) is 2. The third kappa shape index (κ3) is 3.12. The topological polar surface area (TPSA) is 38.0 Å². The molecule has 0 atom stereocenters. The first kappa shape index (κ1) is 17.8. The Hall–Kier alpha value is -2.03. The minimum absolute atomic E-state index is 0.138. The fourth-order valence-corrected chi connectivity index (χ4v) is 3.81. The lowest BCUT2D eigenvalue weighted by Gasteiger charge is -2.42. The number of nitrogens with two attached hydrogens (primary N) is 1. The molecule has 0 saturated heterocycles. The smallest absolute Gasteiger partial charge is 0.128 e. The van der Waals surface area contributed by atoms with Gasteiger partial charge in [-0.15, -0.1) is 0 Å². The molecular weight excluding hydrogens is 311 g/mol. The van der Waals surface area contributed by atoms with Gasteiger partial charge in [0.1, 0.15) is 5.82 Å². The van der Waals surface area contributed by atoms with Crippen molar-refractivity contribution in [2.24, 2.45) is 0 Å². The molecule has 0 heterocycles. The monoisotopic (exact) mass is 340 g/mol. The predicted octanol–water partition coefficient (Wildman–Crippen LogP) is 6.12. The molecule has 3 N–H and O–H groups in total. The summed E-state index contributed by atoms with van der Waals surface area (Å²) in [5, 5.41) is 3.36. The standard InChI is InChI=1S/C22H29FN2/c1-13-10-18(24)20(12-17(13)23)25-19-11-16-15(9-14(19)2)21(3,4)7-8-22(16,5)6/h9-12,25H,7-8,24H2,1-6H3. The molecule has 2 aromatic carbocycles.